The molecule has 0 fully saturated rings. The van der Waals surface area contributed by atoms with Crippen molar-refractivity contribution in [1.82, 2.24) is 16.0 Å². The van der Waals surface area contributed by atoms with Gasteiger partial charge in [-0.1, -0.05) is 0 Å². The summed E-state index contributed by atoms with van der Waals surface area (Å²) in [5.74, 6) is -6.07. The van der Waals surface area contributed by atoms with Gasteiger partial charge in [0.1, 0.15) is 18.1 Å². The molecule has 4 atom stereocenters. The molecule has 164 valence electrons. The van der Waals surface area contributed by atoms with Gasteiger partial charge in [-0.05, 0) is 13.3 Å². The maximum Gasteiger partial charge on any atom is 0.326 e. The van der Waals surface area contributed by atoms with Crippen molar-refractivity contribution in [2.45, 2.75) is 50.4 Å². The number of nitrogens with two attached hydrogens (primary N) is 3. The fourth-order valence-corrected chi connectivity index (χ4v) is 2.13. The fourth-order valence-electron chi connectivity index (χ4n) is 2.13. The van der Waals surface area contributed by atoms with Crippen molar-refractivity contribution < 1.29 is 39.0 Å². The number of carbonyl (C=O) groups is 6. The second kappa shape index (κ2) is 12.2. The van der Waals surface area contributed by atoms with Gasteiger partial charge in [-0.25, -0.2) is 4.79 Å². The number of carboxylic acids is 1. The van der Waals surface area contributed by atoms with Crippen LogP contribution in [0.1, 0.15) is 26.2 Å². The molecule has 0 aromatic carbocycles. The van der Waals surface area contributed by atoms with Crippen LogP contribution in [0.2, 0.25) is 0 Å². The number of aliphatic hydroxyl groups is 1. The predicted octanol–water partition coefficient (Wildman–Crippen LogP) is -4.99. The van der Waals surface area contributed by atoms with Crippen LogP contribution in [0, 0.1) is 0 Å². The van der Waals surface area contributed by atoms with Crippen molar-refractivity contribution >= 4 is 35.5 Å². The van der Waals surface area contributed by atoms with Crippen LogP contribution in [0.4, 0.5) is 0 Å². The average molecular weight is 418 g/mol. The molecule has 0 saturated heterocycles. The highest BCUT2D eigenvalue weighted by Crippen LogP contribution is 2.02. The van der Waals surface area contributed by atoms with Crippen LogP contribution in [0.25, 0.3) is 0 Å². The lowest BCUT2D eigenvalue weighted by Gasteiger charge is -2.25. The van der Waals surface area contributed by atoms with Crippen LogP contribution < -0.4 is 33.2 Å². The van der Waals surface area contributed by atoms with E-state index < -0.39 is 72.7 Å². The largest absolute Gasteiger partial charge is 0.480 e. The van der Waals surface area contributed by atoms with E-state index >= 15 is 0 Å². The Morgan fingerprint density at radius 3 is 1.90 bits per heavy atom. The van der Waals surface area contributed by atoms with Gasteiger partial charge in [-0.2, -0.15) is 0 Å². The van der Waals surface area contributed by atoms with Gasteiger partial charge in [-0.3, -0.25) is 24.0 Å². The molecular formula is C15H26N6O8. The minimum absolute atomic E-state index is 0.208. The van der Waals surface area contributed by atoms with Crippen molar-refractivity contribution in [3.8, 4) is 0 Å². The van der Waals surface area contributed by atoms with E-state index in [9.17, 15) is 33.9 Å². The van der Waals surface area contributed by atoms with Gasteiger partial charge in [0.15, 0.2) is 0 Å². The van der Waals surface area contributed by atoms with Crippen LogP contribution >= 0.6 is 0 Å². The lowest BCUT2D eigenvalue weighted by Crippen LogP contribution is -2.59. The van der Waals surface area contributed by atoms with E-state index in [0.29, 0.717) is 0 Å². The Hall–Kier alpha value is -3.26. The number of aliphatic hydroxyl groups excluding tert-OH is 1. The van der Waals surface area contributed by atoms with Gasteiger partial charge in [0, 0.05) is 6.42 Å². The molecule has 0 aliphatic heterocycles. The number of nitrogens with one attached hydrogen (secondary N) is 3. The van der Waals surface area contributed by atoms with Gasteiger partial charge in [0.2, 0.25) is 29.5 Å². The summed E-state index contributed by atoms with van der Waals surface area (Å²) < 4.78 is 0. The van der Waals surface area contributed by atoms with Crippen LogP contribution in [0.5, 0.6) is 0 Å². The standard InChI is InChI=1S/C15H26N6O8/c1-6(22)12(14(27)20-8(15(28)29)4-10(18)24)21-13(26)7(2-3-9(17)23)19-11(25)5-16/h6-8,12,22H,2-5,16H2,1H3,(H2,17,23)(H2,18,24)(H,19,25)(H,20,27)(H,21,26)(H,28,29). The fraction of sp³-hybridized carbons (Fsp3) is 0.600. The van der Waals surface area contributed by atoms with E-state index in [1.54, 1.807) is 0 Å². The van der Waals surface area contributed by atoms with Gasteiger partial charge in [0.05, 0.1) is 19.1 Å². The molecule has 0 aliphatic carbocycles. The average Bonchev–Trinajstić information content (AvgIpc) is 2.60. The summed E-state index contributed by atoms with van der Waals surface area (Å²) >= 11 is 0. The molecule has 0 heterocycles. The summed E-state index contributed by atoms with van der Waals surface area (Å²) in [5.41, 5.74) is 15.1. The number of carboxylic acid groups (broad SMARTS) is 1. The summed E-state index contributed by atoms with van der Waals surface area (Å²) in [6.07, 6.45) is -2.67. The summed E-state index contributed by atoms with van der Waals surface area (Å²) in [6.45, 7) is 0.694. The van der Waals surface area contributed by atoms with E-state index in [-0.39, 0.29) is 12.8 Å². The van der Waals surface area contributed by atoms with E-state index in [2.05, 4.69) is 10.6 Å². The molecule has 0 saturated carbocycles. The molecule has 14 nitrogen and oxygen atoms in total. The van der Waals surface area contributed by atoms with Gasteiger partial charge < -0.3 is 43.4 Å². The molecule has 14 heteroatoms. The molecule has 4 unspecified atom stereocenters. The lowest BCUT2D eigenvalue weighted by molar-refractivity contribution is -0.144. The Labute approximate surface area is 165 Å². The summed E-state index contributed by atoms with van der Waals surface area (Å²) in [5, 5.41) is 25.2. The quantitative estimate of drug-likeness (QED) is 0.142. The highest BCUT2D eigenvalue weighted by molar-refractivity contribution is 5.95. The van der Waals surface area contributed by atoms with Gasteiger partial charge >= 0.3 is 5.97 Å². The molecule has 5 amide bonds. The summed E-state index contributed by atoms with van der Waals surface area (Å²) in [6, 6.07) is -4.61. The Kier molecular flexibility index (Phi) is 10.9. The van der Waals surface area contributed by atoms with E-state index in [4.69, 9.17) is 22.3 Å². The monoisotopic (exact) mass is 418 g/mol. The molecule has 0 aromatic heterocycles. The van der Waals surface area contributed by atoms with Crippen molar-refractivity contribution in [3.63, 3.8) is 0 Å². The molecular weight excluding hydrogens is 392 g/mol. The number of amides is 5. The molecule has 0 radical (unpaired) electrons. The third-order valence-electron chi connectivity index (χ3n) is 3.60. The molecule has 29 heavy (non-hydrogen) atoms. The maximum absolute atomic E-state index is 12.4. The molecule has 0 aromatic rings. The van der Waals surface area contributed by atoms with Gasteiger partial charge in [0.25, 0.3) is 0 Å². The molecule has 0 aliphatic rings. The summed E-state index contributed by atoms with van der Waals surface area (Å²) in [7, 11) is 0. The SMILES string of the molecule is CC(O)C(NC(=O)C(CCC(N)=O)NC(=O)CN)C(=O)NC(CC(N)=O)C(=O)O. The summed E-state index contributed by atoms with van der Waals surface area (Å²) in [4.78, 5) is 69.2. The first-order valence-electron chi connectivity index (χ1n) is 8.46. The Balaban J connectivity index is 5.33. The third-order valence-corrected chi connectivity index (χ3v) is 3.60. The van der Waals surface area contributed by atoms with Crippen molar-refractivity contribution in [2.24, 2.45) is 17.2 Å². The van der Waals surface area contributed by atoms with Crippen molar-refractivity contribution in [2.75, 3.05) is 6.54 Å². The molecule has 0 spiro atoms. The second-order valence-corrected chi connectivity index (χ2v) is 6.13. The second-order valence-electron chi connectivity index (χ2n) is 6.13. The Bertz CT molecular complexity index is 653. The van der Waals surface area contributed by atoms with Crippen molar-refractivity contribution in [1.29, 1.82) is 0 Å². The predicted molar refractivity (Wildman–Crippen MR) is 96.4 cm³/mol. The number of aliphatic carboxylic acids is 1. The van der Waals surface area contributed by atoms with Crippen LogP contribution in [0.15, 0.2) is 0 Å². The molecule has 0 bridgehead atoms. The first kappa shape index (κ1) is 25.7. The highest BCUT2D eigenvalue weighted by Gasteiger charge is 2.32. The number of hydrogen-bond acceptors (Lipinski definition) is 8. The Morgan fingerprint density at radius 2 is 1.48 bits per heavy atom. The number of primary amides is 2. The first-order chi connectivity index (χ1) is 13.4. The number of rotatable bonds is 13. The van der Waals surface area contributed by atoms with Gasteiger partial charge in [-0.15, -0.1) is 0 Å². The Morgan fingerprint density at radius 1 is 0.897 bits per heavy atom. The van der Waals surface area contributed by atoms with Crippen molar-refractivity contribution in [3.05, 3.63) is 0 Å². The topological polar surface area (TPSA) is 257 Å². The minimum atomic E-state index is -1.68. The van der Waals surface area contributed by atoms with E-state index in [0.717, 1.165) is 6.92 Å². The zero-order valence-corrected chi connectivity index (χ0v) is 15.7. The zero-order valence-electron chi connectivity index (χ0n) is 15.7. The first-order valence-corrected chi connectivity index (χ1v) is 8.46. The smallest absolute Gasteiger partial charge is 0.326 e. The normalized spacial score (nSPS) is 14.6. The molecule has 0 rings (SSSR count). The number of hydrogen-bond donors (Lipinski definition) is 8. The third kappa shape index (κ3) is 10.0. The lowest BCUT2D eigenvalue weighted by atomic mass is 10.1. The van der Waals surface area contributed by atoms with Crippen LogP contribution in [-0.4, -0.2) is 76.5 Å². The van der Waals surface area contributed by atoms with Crippen LogP contribution in [0.3, 0.4) is 0 Å². The van der Waals surface area contributed by atoms with E-state index in [1.165, 1.54) is 0 Å². The minimum Gasteiger partial charge on any atom is -0.480 e. The highest BCUT2D eigenvalue weighted by atomic mass is 16.4. The zero-order chi connectivity index (χ0) is 22.7. The van der Waals surface area contributed by atoms with Crippen LogP contribution in [-0.2, 0) is 28.8 Å². The number of carbonyl (C=O) groups excluding carboxylic acids is 5. The maximum atomic E-state index is 12.4. The van der Waals surface area contributed by atoms with E-state index in [1.807, 2.05) is 5.32 Å². The molecule has 11 N–H and O–H groups in total.